The molecule has 1 aliphatic heterocycles. The Morgan fingerprint density at radius 1 is 1.08 bits per heavy atom. The maximum Gasteiger partial charge on any atom is 0.336 e. The Hall–Kier alpha value is -3.23. The van der Waals surface area contributed by atoms with E-state index in [1.807, 2.05) is 12.1 Å². The molecule has 0 saturated heterocycles. The van der Waals surface area contributed by atoms with E-state index < -0.39 is 11.5 Å². The summed E-state index contributed by atoms with van der Waals surface area (Å²) in [5.41, 5.74) is 7.51. The molecule has 0 fully saturated rings. The van der Waals surface area contributed by atoms with Crippen LogP contribution in [0.1, 0.15) is 17.0 Å². The quantitative estimate of drug-likeness (QED) is 0.676. The molecule has 6 heteroatoms. The van der Waals surface area contributed by atoms with Crippen molar-refractivity contribution in [2.24, 2.45) is 5.73 Å². The Labute approximate surface area is 147 Å². The largest absolute Gasteiger partial charge is 0.440 e. The molecule has 2 N–H and O–H groups in total. The summed E-state index contributed by atoms with van der Waals surface area (Å²) < 4.78 is 11.0. The van der Waals surface area contributed by atoms with E-state index in [0.717, 1.165) is 10.9 Å². The number of hydrogen-bond acceptors (Lipinski definition) is 5. The SMILES string of the molecule is N#CC1=C(N)Oc2ccc3ccc(=O)oc3c2[C@H]1c1ccc(Cl)cc1. The van der Waals surface area contributed by atoms with Crippen molar-refractivity contribution in [3.63, 3.8) is 0 Å². The molecule has 0 radical (unpaired) electrons. The van der Waals surface area contributed by atoms with E-state index in [2.05, 4.69) is 6.07 Å². The maximum absolute atomic E-state index is 11.7. The van der Waals surface area contributed by atoms with Crippen molar-refractivity contribution in [2.45, 2.75) is 5.92 Å². The van der Waals surface area contributed by atoms with Crippen LogP contribution >= 0.6 is 11.6 Å². The summed E-state index contributed by atoms with van der Waals surface area (Å²) in [6, 6.07) is 15.8. The zero-order valence-corrected chi connectivity index (χ0v) is 13.6. The molecule has 4 rings (SSSR count). The zero-order valence-electron chi connectivity index (χ0n) is 12.8. The van der Waals surface area contributed by atoms with Gasteiger partial charge in [-0.3, -0.25) is 0 Å². The minimum absolute atomic E-state index is 0.0348. The smallest absolute Gasteiger partial charge is 0.336 e. The molecule has 0 spiro atoms. The third kappa shape index (κ3) is 2.44. The summed E-state index contributed by atoms with van der Waals surface area (Å²) in [4.78, 5) is 11.7. The second kappa shape index (κ2) is 5.69. The second-order valence-corrected chi connectivity index (χ2v) is 6.06. The molecule has 2 heterocycles. The van der Waals surface area contributed by atoms with Gasteiger partial charge in [0.25, 0.3) is 0 Å². The number of halogens is 1. The fourth-order valence-electron chi connectivity index (χ4n) is 3.07. The first kappa shape index (κ1) is 15.3. The van der Waals surface area contributed by atoms with Crippen molar-refractivity contribution < 1.29 is 9.15 Å². The van der Waals surface area contributed by atoms with Crippen LogP contribution in [-0.4, -0.2) is 0 Å². The van der Waals surface area contributed by atoms with Crippen molar-refractivity contribution in [3.8, 4) is 11.8 Å². The first-order valence-corrected chi connectivity index (χ1v) is 7.86. The molecular weight excluding hydrogens is 340 g/mol. The van der Waals surface area contributed by atoms with E-state index in [0.29, 0.717) is 21.9 Å². The Morgan fingerprint density at radius 2 is 1.80 bits per heavy atom. The molecule has 1 atom stereocenters. The maximum atomic E-state index is 11.7. The summed E-state index contributed by atoms with van der Waals surface area (Å²) in [5, 5.41) is 10.9. The van der Waals surface area contributed by atoms with Crippen LogP contribution < -0.4 is 16.1 Å². The van der Waals surface area contributed by atoms with Gasteiger partial charge in [-0.05, 0) is 35.9 Å². The fraction of sp³-hybridized carbons (Fsp3) is 0.0526. The normalized spacial score (nSPS) is 16.2. The van der Waals surface area contributed by atoms with Gasteiger partial charge in [0.1, 0.15) is 23.0 Å². The predicted octanol–water partition coefficient (Wildman–Crippen LogP) is 3.66. The fourth-order valence-corrected chi connectivity index (χ4v) is 3.19. The third-order valence-corrected chi connectivity index (χ3v) is 4.43. The van der Waals surface area contributed by atoms with Crippen molar-refractivity contribution >= 4 is 22.6 Å². The Bertz CT molecular complexity index is 1120. The molecule has 0 saturated carbocycles. The standard InChI is InChI=1S/C19H11ClN2O3/c20-12-5-1-10(2-6-12)16-13(9-21)19(22)24-14-7-3-11-4-8-15(23)25-18(11)17(14)16/h1-8,16H,22H2/t16-/m0/s1. The van der Waals surface area contributed by atoms with Gasteiger partial charge in [0.05, 0.1) is 11.5 Å². The molecule has 1 aromatic heterocycles. The highest BCUT2D eigenvalue weighted by Crippen LogP contribution is 2.45. The molecule has 0 aliphatic carbocycles. The second-order valence-electron chi connectivity index (χ2n) is 5.63. The van der Waals surface area contributed by atoms with E-state index in [9.17, 15) is 10.1 Å². The molecular formula is C19H11ClN2O3. The monoisotopic (exact) mass is 350 g/mol. The van der Waals surface area contributed by atoms with E-state index >= 15 is 0 Å². The predicted molar refractivity (Wildman–Crippen MR) is 93.2 cm³/mol. The van der Waals surface area contributed by atoms with Crippen molar-refractivity contribution in [1.82, 2.24) is 0 Å². The summed E-state index contributed by atoms with van der Waals surface area (Å²) in [6.07, 6.45) is 0. The minimum atomic E-state index is -0.514. The molecule has 2 aromatic carbocycles. The molecule has 0 amide bonds. The minimum Gasteiger partial charge on any atom is -0.440 e. The number of fused-ring (bicyclic) bond motifs is 3. The zero-order chi connectivity index (χ0) is 17.6. The van der Waals surface area contributed by atoms with E-state index in [1.54, 1.807) is 30.3 Å². The van der Waals surface area contributed by atoms with Crippen LogP contribution in [-0.2, 0) is 0 Å². The lowest BCUT2D eigenvalue weighted by atomic mass is 9.83. The summed E-state index contributed by atoms with van der Waals surface area (Å²) in [5.74, 6) is -0.0221. The summed E-state index contributed by atoms with van der Waals surface area (Å²) in [7, 11) is 0. The molecule has 0 bridgehead atoms. The number of nitrogens with two attached hydrogens (primary N) is 1. The van der Waals surface area contributed by atoms with Gasteiger partial charge in [-0.25, -0.2) is 4.79 Å². The van der Waals surface area contributed by atoms with Crippen LogP contribution in [0.5, 0.6) is 5.75 Å². The number of allylic oxidation sites excluding steroid dienone is 1. The van der Waals surface area contributed by atoms with Crippen LogP contribution in [0.2, 0.25) is 5.02 Å². The van der Waals surface area contributed by atoms with E-state index in [-0.39, 0.29) is 11.5 Å². The average molecular weight is 351 g/mol. The lowest BCUT2D eigenvalue weighted by molar-refractivity contribution is 0.392. The van der Waals surface area contributed by atoms with E-state index in [1.165, 1.54) is 6.07 Å². The third-order valence-electron chi connectivity index (χ3n) is 4.17. The van der Waals surface area contributed by atoms with Gasteiger partial charge in [-0.15, -0.1) is 0 Å². The first-order valence-electron chi connectivity index (χ1n) is 7.48. The van der Waals surface area contributed by atoms with Crippen LogP contribution in [0.25, 0.3) is 11.0 Å². The van der Waals surface area contributed by atoms with Crippen molar-refractivity contribution in [3.05, 3.63) is 86.6 Å². The number of benzene rings is 2. The van der Waals surface area contributed by atoms with Gasteiger partial charge in [0.15, 0.2) is 0 Å². The molecule has 122 valence electrons. The Kier molecular flexibility index (Phi) is 3.48. The Morgan fingerprint density at radius 3 is 2.52 bits per heavy atom. The van der Waals surface area contributed by atoms with Crippen molar-refractivity contribution in [2.75, 3.05) is 0 Å². The van der Waals surface area contributed by atoms with Gasteiger partial charge >= 0.3 is 5.63 Å². The lowest BCUT2D eigenvalue weighted by Gasteiger charge is -2.26. The van der Waals surface area contributed by atoms with Gasteiger partial charge in [0.2, 0.25) is 5.88 Å². The number of nitrogens with zero attached hydrogens (tertiary/aromatic N) is 1. The molecule has 5 nitrogen and oxygen atoms in total. The average Bonchev–Trinajstić information content (AvgIpc) is 2.61. The highest BCUT2D eigenvalue weighted by Gasteiger charge is 2.33. The lowest BCUT2D eigenvalue weighted by Crippen LogP contribution is -2.21. The van der Waals surface area contributed by atoms with Crippen LogP contribution in [0, 0.1) is 11.3 Å². The van der Waals surface area contributed by atoms with Gasteiger partial charge < -0.3 is 14.9 Å². The summed E-state index contributed by atoms with van der Waals surface area (Å²) >= 11 is 5.98. The van der Waals surface area contributed by atoms with E-state index in [4.69, 9.17) is 26.5 Å². The topological polar surface area (TPSA) is 89.3 Å². The number of rotatable bonds is 1. The first-order chi connectivity index (χ1) is 12.1. The number of ether oxygens (including phenoxy) is 1. The van der Waals surface area contributed by atoms with Gasteiger partial charge in [0, 0.05) is 16.5 Å². The molecule has 0 unspecified atom stereocenters. The molecule has 1 aliphatic rings. The highest BCUT2D eigenvalue weighted by atomic mass is 35.5. The van der Waals surface area contributed by atoms with Gasteiger partial charge in [-0.1, -0.05) is 23.7 Å². The van der Waals surface area contributed by atoms with Crippen molar-refractivity contribution in [1.29, 1.82) is 5.26 Å². The van der Waals surface area contributed by atoms with Crippen LogP contribution in [0.4, 0.5) is 0 Å². The highest BCUT2D eigenvalue weighted by molar-refractivity contribution is 6.30. The molecule has 3 aromatic rings. The van der Waals surface area contributed by atoms with Crippen LogP contribution in [0.15, 0.2) is 69.2 Å². The van der Waals surface area contributed by atoms with Crippen LogP contribution in [0.3, 0.4) is 0 Å². The summed E-state index contributed by atoms with van der Waals surface area (Å²) in [6.45, 7) is 0. The van der Waals surface area contributed by atoms with Gasteiger partial charge in [-0.2, -0.15) is 5.26 Å². The number of nitriles is 1. The number of hydrogen-bond donors (Lipinski definition) is 1. The Balaban J connectivity index is 2.08. The molecule has 25 heavy (non-hydrogen) atoms.